The Kier molecular flexibility index (Phi) is 17.3. The predicted molar refractivity (Wildman–Crippen MR) is 152 cm³/mol. The number of unbranched alkanes of at least 4 members (excludes halogenated alkanes) is 11. The van der Waals surface area contributed by atoms with E-state index in [0.717, 1.165) is 80.9 Å². The molecule has 1 aromatic rings. The third kappa shape index (κ3) is 11.5. The van der Waals surface area contributed by atoms with Crippen LogP contribution in [-0.4, -0.2) is 22.2 Å². The van der Waals surface area contributed by atoms with Crippen LogP contribution >= 0.6 is 0 Å². The van der Waals surface area contributed by atoms with Gasteiger partial charge in [0.2, 0.25) is 0 Å². The average Bonchev–Trinajstić information content (AvgIpc) is 2.85. The molecule has 0 aliphatic heterocycles. The highest BCUT2D eigenvalue weighted by Gasteiger charge is 2.27. The number of carboxylic acid groups (broad SMARTS) is 2. The van der Waals surface area contributed by atoms with Crippen molar-refractivity contribution in [2.45, 2.75) is 150 Å². The van der Waals surface area contributed by atoms with Crippen molar-refractivity contribution < 1.29 is 19.8 Å². The van der Waals surface area contributed by atoms with Gasteiger partial charge in [0.1, 0.15) is 0 Å². The van der Waals surface area contributed by atoms with E-state index in [9.17, 15) is 19.8 Å². The van der Waals surface area contributed by atoms with Crippen LogP contribution in [0.3, 0.4) is 0 Å². The summed E-state index contributed by atoms with van der Waals surface area (Å²) >= 11 is 0. The molecule has 0 fully saturated rings. The van der Waals surface area contributed by atoms with Crippen molar-refractivity contribution in [3.8, 4) is 0 Å². The lowest BCUT2D eigenvalue weighted by Gasteiger charge is -2.23. The zero-order valence-corrected chi connectivity index (χ0v) is 23.8. The standard InChI is InChI=1S/C32H54O4/c1-5-9-12-14-16-18-21-26-24-29(31(33)34)30(32(35)36)28(23-25(8-4)20-11-7-3)27(26)22-19-17-15-13-10-6-2/h24-25H,5-23H2,1-4H3,(H,33,34)(H,35,36). The Morgan fingerprint density at radius 1 is 0.667 bits per heavy atom. The van der Waals surface area contributed by atoms with Gasteiger partial charge < -0.3 is 10.2 Å². The number of aromatic carboxylic acids is 2. The van der Waals surface area contributed by atoms with Crippen LogP contribution in [0.25, 0.3) is 0 Å². The van der Waals surface area contributed by atoms with E-state index in [1.807, 2.05) is 0 Å². The van der Waals surface area contributed by atoms with Gasteiger partial charge in [-0.2, -0.15) is 0 Å². The summed E-state index contributed by atoms with van der Waals surface area (Å²) in [5.41, 5.74) is 3.08. The molecule has 0 heterocycles. The fraction of sp³-hybridized carbons (Fsp3) is 0.750. The summed E-state index contributed by atoms with van der Waals surface area (Å²) in [6.07, 6.45) is 20.9. The van der Waals surface area contributed by atoms with Crippen LogP contribution in [0.4, 0.5) is 0 Å². The van der Waals surface area contributed by atoms with Crippen molar-refractivity contribution in [2.75, 3.05) is 0 Å². The minimum absolute atomic E-state index is 0.0180. The summed E-state index contributed by atoms with van der Waals surface area (Å²) < 4.78 is 0. The predicted octanol–water partition coefficient (Wildman–Crippen LogP) is 9.65. The lowest BCUT2D eigenvalue weighted by atomic mass is 9.81. The minimum Gasteiger partial charge on any atom is -0.478 e. The number of rotatable bonds is 22. The quantitative estimate of drug-likeness (QED) is 0.155. The number of hydrogen-bond acceptors (Lipinski definition) is 2. The van der Waals surface area contributed by atoms with Gasteiger partial charge in [0.15, 0.2) is 0 Å². The molecule has 0 spiro atoms. The van der Waals surface area contributed by atoms with Gasteiger partial charge in [-0.05, 0) is 60.8 Å². The first kappa shape index (κ1) is 32.2. The maximum Gasteiger partial charge on any atom is 0.336 e. The first-order chi connectivity index (χ1) is 17.4. The van der Waals surface area contributed by atoms with E-state index < -0.39 is 11.9 Å². The monoisotopic (exact) mass is 502 g/mol. The van der Waals surface area contributed by atoms with Crippen LogP contribution in [0.1, 0.15) is 168 Å². The van der Waals surface area contributed by atoms with Gasteiger partial charge in [-0.3, -0.25) is 0 Å². The minimum atomic E-state index is -1.12. The number of benzene rings is 1. The topological polar surface area (TPSA) is 74.6 Å². The van der Waals surface area contributed by atoms with Crippen LogP contribution < -0.4 is 0 Å². The summed E-state index contributed by atoms with van der Waals surface area (Å²) in [6.45, 7) is 8.80. The molecular weight excluding hydrogens is 448 g/mol. The van der Waals surface area contributed by atoms with Gasteiger partial charge in [-0.1, -0.05) is 118 Å². The maximum absolute atomic E-state index is 12.4. The van der Waals surface area contributed by atoms with E-state index in [1.54, 1.807) is 6.07 Å². The van der Waals surface area contributed by atoms with Crippen LogP contribution in [0, 0.1) is 5.92 Å². The Labute approximate surface area is 221 Å². The Balaban J connectivity index is 3.36. The third-order valence-electron chi connectivity index (χ3n) is 7.70. The zero-order chi connectivity index (χ0) is 26.8. The van der Waals surface area contributed by atoms with Crippen molar-refractivity contribution in [1.82, 2.24) is 0 Å². The molecule has 2 N–H and O–H groups in total. The van der Waals surface area contributed by atoms with Crippen LogP contribution in [0.2, 0.25) is 0 Å². The lowest BCUT2D eigenvalue weighted by molar-refractivity contribution is 0.0650. The molecule has 1 unspecified atom stereocenters. The highest BCUT2D eigenvalue weighted by molar-refractivity contribution is 6.03. The second-order valence-corrected chi connectivity index (χ2v) is 10.7. The van der Waals surface area contributed by atoms with Crippen molar-refractivity contribution in [2.24, 2.45) is 5.92 Å². The van der Waals surface area contributed by atoms with Crippen molar-refractivity contribution in [3.05, 3.63) is 33.9 Å². The van der Waals surface area contributed by atoms with Gasteiger partial charge in [0.05, 0.1) is 11.1 Å². The second-order valence-electron chi connectivity index (χ2n) is 10.7. The molecule has 0 saturated carbocycles. The first-order valence-corrected chi connectivity index (χ1v) is 15.0. The molecule has 0 bridgehead atoms. The Morgan fingerprint density at radius 3 is 1.69 bits per heavy atom. The molecule has 0 amide bonds. The lowest BCUT2D eigenvalue weighted by Crippen LogP contribution is -2.19. The van der Waals surface area contributed by atoms with E-state index in [-0.39, 0.29) is 11.1 Å². The van der Waals surface area contributed by atoms with Crippen LogP contribution in [0.15, 0.2) is 6.07 Å². The molecule has 36 heavy (non-hydrogen) atoms. The summed E-state index contributed by atoms with van der Waals surface area (Å²) in [5, 5.41) is 20.2. The fourth-order valence-electron chi connectivity index (χ4n) is 5.42. The van der Waals surface area contributed by atoms with Gasteiger partial charge in [-0.25, -0.2) is 9.59 Å². The van der Waals surface area contributed by atoms with Crippen molar-refractivity contribution in [3.63, 3.8) is 0 Å². The first-order valence-electron chi connectivity index (χ1n) is 15.0. The van der Waals surface area contributed by atoms with E-state index in [2.05, 4.69) is 27.7 Å². The van der Waals surface area contributed by atoms with Crippen molar-refractivity contribution in [1.29, 1.82) is 0 Å². The average molecular weight is 503 g/mol. The van der Waals surface area contributed by atoms with E-state index in [0.29, 0.717) is 12.3 Å². The number of hydrogen-bond donors (Lipinski definition) is 2. The van der Waals surface area contributed by atoms with E-state index in [1.165, 1.54) is 51.4 Å². The molecule has 0 aliphatic rings. The molecule has 1 rings (SSSR count). The largest absolute Gasteiger partial charge is 0.478 e. The Bertz CT molecular complexity index is 768. The SMILES string of the molecule is CCCCCCCCc1cc(C(=O)O)c(C(=O)O)c(CC(CC)CCCC)c1CCCCCCCC. The molecule has 1 aromatic carbocycles. The summed E-state index contributed by atoms with van der Waals surface area (Å²) in [4.78, 5) is 24.7. The number of carboxylic acids is 2. The summed E-state index contributed by atoms with van der Waals surface area (Å²) in [6, 6.07) is 1.71. The fourth-order valence-corrected chi connectivity index (χ4v) is 5.42. The molecule has 4 nitrogen and oxygen atoms in total. The maximum atomic E-state index is 12.4. The van der Waals surface area contributed by atoms with E-state index >= 15 is 0 Å². The molecular formula is C32H54O4. The zero-order valence-electron chi connectivity index (χ0n) is 23.8. The van der Waals surface area contributed by atoms with Crippen LogP contribution in [0.5, 0.6) is 0 Å². The molecule has 0 saturated heterocycles. The summed E-state index contributed by atoms with van der Waals surface area (Å²) in [5.74, 6) is -1.83. The van der Waals surface area contributed by atoms with E-state index in [4.69, 9.17) is 0 Å². The molecule has 4 heteroatoms. The van der Waals surface area contributed by atoms with Crippen LogP contribution in [-0.2, 0) is 19.3 Å². The van der Waals surface area contributed by atoms with Gasteiger partial charge in [0.25, 0.3) is 0 Å². The highest BCUT2D eigenvalue weighted by Crippen LogP contribution is 2.32. The molecule has 0 aromatic heterocycles. The Hall–Kier alpha value is -1.84. The van der Waals surface area contributed by atoms with Gasteiger partial charge in [0, 0.05) is 0 Å². The smallest absolute Gasteiger partial charge is 0.336 e. The third-order valence-corrected chi connectivity index (χ3v) is 7.70. The van der Waals surface area contributed by atoms with Gasteiger partial charge in [-0.15, -0.1) is 0 Å². The normalized spacial score (nSPS) is 12.1. The molecule has 1 atom stereocenters. The highest BCUT2D eigenvalue weighted by atomic mass is 16.4. The number of carbonyl (C=O) groups is 2. The molecule has 0 radical (unpaired) electrons. The summed E-state index contributed by atoms with van der Waals surface area (Å²) in [7, 11) is 0. The molecule has 206 valence electrons. The number of aryl methyl sites for hydroxylation is 1. The second kappa shape index (κ2) is 19.3. The van der Waals surface area contributed by atoms with Crippen molar-refractivity contribution >= 4 is 11.9 Å². The molecule has 0 aliphatic carbocycles. The Morgan fingerprint density at radius 2 is 1.19 bits per heavy atom. The van der Waals surface area contributed by atoms with Gasteiger partial charge >= 0.3 is 11.9 Å².